The third-order valence-electron chi connectivity index (χ3n) is 5.28. The first-order chi connectivity index (χ1) is 13.3. The Kier molecular flexibility index (Phi) is 5.63. The molecule has 142 valence electrons. The lowest BCUT2D eigenvalue weighted by Gasteiger charge is -2.34. The fourth-order valence-corrected chi connectivity index (χ4v) is 3.86. The maximum Gasteiger partial charge on any atom is 0.257 e. The van der Waals surface area contributed by atoms with Crippen LogP contribution in [0.25, 0.3) is 0 Å². The van der Waals surface area contributed by atoms with Gasteiger partial charge in [-0.15, -0.1) is 0 Å². The Morgan fingerprint density at radius 2 is 1.89 bits per heavy atom. The van der Waals surface area contributed by atoms with E-state index >= 15 is 0 Å². The van der Waals surface area contributed by atoms with Gasteiger partial charge in [0.1, 0.15) is 5.82 Å². The first-order valence-corrected chi connectivity index (χ1v) is 9.82. The number of amides is 1. The minimum Gasteiger partial charge on any atom is -0.370 e. The highest BCUT2D eigenvalue weighted by atomic mass is 16.5. The molecule has 6 nitrogen and oxygen atoms in total. The smallest absolute Gasteiger partial charge is 0.257 e. The molecule has 4 rings (SSSR count). The van der Waals surface area contributed by atoms with E-state index in [-0.39, 0.29) is 12.0 Å². The van der Waals surface area contributed by atoms with Crippen LogP contribution in [0.2, 0.25) is 0 Å². The normalized spacial score (nSPS) is 20.1. The molecule has 6 heteroatoms. The van der Waals surface area contributed by atoms with E-state index in [4.69, 9.17) is 4.74 Å². The number of pyridine rings is 2. The van der Waals surface area contributed by atoms with E-state index in [0.29, 0.717) is 12.2 Å². The Morgan fingerprint density at radius 1 is 1.04 bits per heavy atom. The van der Waals surface area contributed by atoms with Crippen LogP contribution in [0, 0.1) is 0 Å². The number of anilines is 1. The fraction of sp³-hybridized carbons (Fsp3) is 0.476. The van der Waals surface area contributed by atoms with E-state index < -0.39 is 0 Å². The second kappa shape index (κ2) is 8.48. The molecule has 1 amide bonds. The van der Waals surface area contributed by atoms with Crippen molar-refractivity contribution < 1.29 is 9.53 Å². The van der Waals surface area contributed by atoms with Crippen molar-refractivity contribution in [1.29, 1.82) is 0 Å². The largest absolute Gasteiger partial charge is 0.370 e. The number of carbonyl (C=O) groups is 1. The summed E-state index contributed by atoms with van der Waals surface area (Å²) in [7, 11) is 0. The molecular formula is C21H26N4O2. The van der Waals surface area contributed by atoms with E-state index in [9.17, 15) is 4.79 Å². The lowest BCUT2D eigenvalue weighted by molar-refractivity contribution is 0.0296. The molecule has 0 saturated carbocycles. The number of ether oxygens (including phenoxy) is 1. The number of carbonyl (C=O) groups excluding carboxylic acids is 1. The highest BCUT2D eigenvalue weighted by Crippen LogP contribution is 2.25. The summed E-state index contributed by atoms with van der Waals surface area (Å²) < 4.78 is 6.09. The monoisotopic (exact) mass is 366 g/mol. The number of nitrogens with zero attached hydrogens (tertiary/aromatic N) is 4. The molecule has 2 aliphatic heterocycles. The minimum absolute atomic E-state index is 0.104. The van der Waals surface area contributed by atoms with Gasteiger partial charge in [-0.25, -0.2) is 4.98 Å². The zero-order valence-electron chi connectivity index (χ0n) is 15.6. The zero-order chi connectivity index (χ0) is 18.5. The molecule has 0 bridgehead atoms. The van der Waals surface area contributed by atoms with Crippen LogP contribution < -0.4 is 4.90 Å². The molecule has 1 unspecified atom stereocenters. The lowest BCUT2D eigenvalue weighted by Crippen LogP contribution is -2.41. The topological polar surface area (TPSA) is 58.6 Å². The molecule has 2 aromatic rings. The van der Waals surface area contributed by atoms with Crippen LogP contribution in [0.5, 0.6) is 0 Å². The molecule has 0 spiro atoms. The molecule has 0 radical (unpaired) electrons. The number of piperidine rings is 1. The first-order valence-electron chi connectivity index (χ1n) is 9.82. The molecule has 0 aliphatic carbocycles. The van der Waals surface area contributed by atoms with Crippen molar-refractivity contribution in [2.45, 2.75) is 38.4 Å². The lowest BCUT2D eigenvalue weighted by atomic mass is 10.1. The Hall–Kier alpha value is -2.47. The van der Waals surface area contributed by atoms with Crippen molar-refractivity contribution in [1.82, 2.24) is 14.9 Å². The standard InChI is InChI=1S/C21H26N4O2/c26-21(24-12-3-4-13-24)19-9-5-11-23-20(19)25-14-6-8-18(15-25)27-16-17-7-1-2-10-22-17/h1-2,5,7,9-11,18H,3-4,6,8,12-16H2. The maximum absolute atomic E-state index is 12.9. The van der Waals surface area contributed by atoms with Crippen LogP contribution in [0.15, 0.2) is 42.7 Å². The SMILES string of the molecule is O=C(c1cccnc1N1CCCC(OCc2ccccn2)C1)N1CCCC1. The number of rotatable bonds is 5. The van der Waals surface area contributed by atoms with Crippen LogP contribution in [0.1, 0.15) is 41.7 Å². The molecular weight excluding hydrogens is 340 g/mol. The molecule has 0 aromatic carbocycles. The highest BCUT2D eigenvalue weighted by Gasteiger charge is 2.27. The van der Waals surface area contributed by atoms with Gasteiger partial charge < -0.3 is 14.5 Å². The maximum atomic E-state index is 12.9. The van der Waals surface area contributed by atoms with E-state index in [0.717, 1.165) is 63.4 Å². The van der Waals surface area contributed by atoms with Gasteiger partial charge in [-0.1, -0.05) is 6.07 Å². The van der Waals surface area contributed by atoms with E-state index in [2.05, 4.69) is 14.9 Å². The van der Waals surface area contributed by atoms with Gasteiger partial charge in [0.25, 0.3) is 5.91 Å². The highest BCUT2D eigenvalue weighted by molar-refractivity contribution is 5.99. The molecule has 4 heterocycles. The van der Waals surface area contributed by atoms with Crippen molar-refractivity contribution in [2.75, 3.05) is 31.1 Å². The summed E-state index contributed by atoms with van der Waals surface area (Å²) in [5, 5.41) is 0. The van der Waals surface area contributed by atoms with Crippen molar-refractivity contribution in [3.63, 3.8) is 0 Å². The second-order valence-electron chi connectivity index (χ2n) is 7.22. The molecule has 2 aliphatic rings. The van der Waals surface area contributed by atoms with Crippen LogP contribution in [0.3, 0.4) is 0 Å². The van der Waals surface area contributed by atoms with E-state index in [1.165, 1.54) is 0 Å². The molecule has 1 atom stereocenters. The van der Waals surface area contributed by atoms with Crippen molar-refractivity contribution in [3.05, 3.63) is 54.0 Å². The van der Waals surface area contributed by atoms with Crippen molar-refractivity contribution in [3.8, 4) is 0 Å². The van der Waals surface area contributed by atoms with Gasteiger partial charge in [0.2, 0.25) is 0 Å². The Labute approximate surface area is 160 Å². The summed E-state index contributed by atoms with van der Waals surface area (Å²) in [6.07, 6.45) is 7.91. The zero-order valence-corrected chi connectivity index (χ0v) is 15.6. The third kappa shape index (κ3) is 4.27. The van der Waals surface area contributed by atoms with E-state index in [1.54, 1.807) is 12.4 Å². The number of hydrogen-bond acceptors (Lipinski definition) is 5. The van der Waals surface area contributed by atoms with Crippen molar-refractivity contribution >= 4 is 11.7 Å². The van der Waals surface area contributed by atoms with Crippen LogP contribution in [0.4, 0.5) is 5.82 Å². The van der Waals surface area contributed by atoms with Crippen molar-refractivity contribution in [2.24, 2.45) is 0 Å². The summed E-state index contributed by atoms with van der Waals surface area (Å²) in [4.78, 5) is 25.9. The molecule has 2 saturated heterocycles. The Morgan fingerprint density at radius 3 is 2.70 bits per heavy atom. The van der Waals surface area contributed by atoms with Gasteiger partial charge in [0, 0.05) is 38.6 Å². The quantitative estimate of drug-likeness (QED) is 0.814. The summed E-state index contributed by atoms with van der Waals surface area (Å²) >= 11 is 0. The van der Waals surface area contributed by atoms with Gasteiger partial charge in [0.15, 0.2) is 0 Å². The van der Waals surface area contributed by atoms with Gasteiger partial charge in [0.05, 0.1) is 24.0 Å². The summed E-state index contributed by atoms with van der Waals surface area (Å²) in [5.74, 6) is 0.896. The predicted molar refractivity (Wildman–Crippen MR) is 104 cm³/mol. The molecule has 2 fully saturated rings. The van der Waals surface area contributed by atoms with Gasteiger partial charge in [-0.3, -0.25) is 9.78 Å². The predicted octanol–water partition coefficient (Wildman–Crippen LogP) is 2.90. The average molecular weight is 366 g/mol. The Bertz CT molecular complexity index is 762. The van der Waals surface area contributed by atoms with Gasteiger partial charge in [-0.2, -0.15) is 0 Å². The van der Waals surface area contributed by atoms with Gasteiger partial charge >= 0.3 is 0 Å². The number of hydrogen-bond donors (Lipinski definition) is 0. The van der Waals surface area contributed by atoms with E-state index in [1.807, 2.05) is 35.2 Å². The molecule has 0 N–H and O–H groups in total. The van der Waals surface area contributed by atoms with Crippen LogP contribution >= 0.6 is 0 Å². The summed E-state index contributed by atoms with van der Waals surface area (Å²) in [6, 6.07) is 9.62. The number of likely N-dealkylation sites (tertiary alicyclic amines) is 1. The molecule has 27 heavy (non-hydrogen) atoms. The van der Waals surface area contributed by atoms with Gasteiger partial charge in [-0.05, 0) is 49.9 Å². The third-order valence-corrected chi connectivity index (χ3v) is 5.28. The molecule has 2 aromatic heterocycles. The first kappa shape index (κ1) is 17.9. The summed E-state index contributed by atoms with van der Waals surface area (Å²) in [6.45, 7) is 3.87. The van der Waals surface area contributed by atoms with Crippen LogP contribution in [-0.4, -0.2) is 53.1 Å². The van der Waals surface area contributed by atoms with Crippen LogP contribution in [-0.2, 0) is 11.3 Å². The second-order valence-corrected chi connectivity index (χ2v) is 7.22. The average Bonchev–Trinajstić information content (AvgIpc) is 3.28. The number of aromatic nitrogens is 2. The minimum atomic E-state index is 0.104. The summed E-state index contributed by atoms with van der Waals surface area (Å²) in [5.41, 5.74) is 1.65. The Balaban J connectivity index is 1.44. The fourth-order valence-electron chi connectivity index (χ4n) is 3.86.